The third kappa shape index (κ3) is 5.87. The second-order valence-electron chi connectivity index (χ2n) is 9.74. The standard InChI is InChI=1S/C26H40O7/c1-5-26(6-2,31-7-3)25(30)33-22-14-18(27)12-17-9-8-16(4)21(24(17)22)11-10-20-13-19(28)15-23(29)32-20/h8-9,12,16,18-22,24,27-28H,5-7,10-11,13-15H2,1-4H3/t16-,18+,19+,20+,21-,22-,24-/m0/s1. The van der Waals surface area contributed by atoms with E-state index in [4.69, 9.17) is 14.2 Å². The molecule has 7 nitrogen and oxygen atoms in total. The zero-order valence-corrected chi connectivity index (χ0v) is 20.4. The first kappa shape index (κ1) is 25.9. The molecule has 33 heavy (non-hydrogen) atoms. The van der Waals surface area contributed by atoms with Crippen molar-refractivity contribution in [2.45, 2.75) is 103 Å². The molecule has 2 N–H and O–H groups in total. The second kappa shape index (κ2) is 11.2. The highest BCUT2D eigenvalue weighted by Gasteiger charge is 2.45. The molecule has 3 rings (SSSR count). The summed E-state index contributed by atoms with van der Waals surface area (Å²) < 4.78 is 17.4. The lowest BCUT2D eigenvalue weighted by Crippen LogP contribution is -2.48. The van der Waals surface area contributed by atoms with Crippen molar-refractivity contribution in [1.82, 2.24) is 0 Å². The zero-order valence-electron chi connectivity index (χ0n) is 20.4. The minimum atomic E-state index is -0.973. The second-order valence-corrected chi connectivity index (χ2v) is 9.74. The molecule has 0 bridgehead atoms. The molecule has 0 unspecified atom stereocenters. The molecular weight excluding hydrogens is 424 g/mol. The van der Waals surface area contributed by atoms with Crippen LogP contribution in [0, 0.1) is 17.8 Å². The van der Waals surface area contributed by atoms with Crippen molar-refractivity contribution in [2.24, 2.45) is 17.8 Å². The number of aliphatic hydroxyl groups excluding tert-OH is 2. The molecule has 2 aliphatic carbocycles. The van der Waals surface area contributed by atoms with Gasteiger partial charge in [-0.3, -0.25) is 4.79 Å². The number of rotatable bonds is 9. The molecule has 0 aromatic heterocycles. The van der Waals surface area contributed by atoms with Crippen LogP contribution in [-0.4, -0.2) is 58.8 Å². The number of carbonyl (C=O) groups excluding carboxylic acids is 2. The minimum absolute atomic E-state index is 0.0467. The summed E-state index contributed by atoms with van der Waals surface area (Å²) in [4.78, 5) is 25.0. The van der Waals surface area contributed by atoms with Crippen LogP contribution in [0.5, 0.6) is 0 Å². The maximum absolute atomic E-state index is 13.3. The van der Waals surface area contributed by atoms with Crippen LogP contribution in [-0.2, 0) is 23.8 Å². The van der Waals surface area contributed by atoms with Gasteiger partial charge >= 0.3 is 11.9 Å². The average Bonchev–Trinajstić information content (AvgIpc) is 2.76. The van der Waals surface area contributed by atoms with Gasteiger partial charge in [-0.1, -0.05) is 39.0 Å². The Bertz CT molecular complexity index is 754. The summed E-state index contributed by atoms with van der Waals surface area (Å²) in [6.45, 7) is 8.29. The molecule has 0 aromatic rings. The number of carbonyl (C=O) groups is 2. The normalized spacial score (nSPS) is 34.3. The lowest BCUT2D eigenvalue weighted by atomic mass is 9.66. The van der Waals surface area contributed by atoms with Crippen molar-refractivity contribution in [3.05, 3.63) is 23.8 Å². The minimum Gasteiger partial charge on any atom is -0.462 e. The van der Waals surface area contributed by atoms with Gasteiger partial charge in [0.25, 0.3) is 0 Å². The van der Waals surface area contributed by atoms with Crippen LogP contribution in [0.4, 0.5) is 0 Å². The number of hydrogen-bond donors (Lipinski definition) is 2. The molecule has 7 heteroatoms. The fraction of sp³-hybridized carbons (Fsp3) is 0.769. The van der Waals surface area contributed by atoms with Gasteiger partial charge in [0.1, 0.15) is 12.2 Å². The van der Waals surface area contributed by atoms with Crippen LogP contribution in [0.2, 0.25) is 0 Å². The largest absolute Gasteiger partial charge is 0.462 e. The molecular formula is C26H40O7. The predicted octanol–water partition coefficient (Wildman–Crippen LogP) is 3.47. The highest BCUT2D eigenvalue weighted by atomic mass is 16.6. The Morgan fingerprint density at radius 1 is 1.18 bits per heavy atom. The summed E-state index contributed by atoms with van der Waals surface area (Å²) in [5.41, 5.74) is 0.0179. The molecule has 0 spiro atoms. The summed E-state index contributed by atoms with van der Waals surface area (Å²) in [6, 6.07) is 0. The van der Waals surface area contributed by atoms with E-state index in [-0.39, 0.29) is 42.2 Å². The molecule has 1 saturated heterocycles. The first-order valence-corrected chi connectivity index (χ1v) is 12.5. The van der Waals surface area contributed by atoms with Crippen LogP contribution in [0.15, 0.2) is 23.8 Å². The fourth-order valence-electron chi connectivity index (χ4n) is 5.73. The van der Waals surface area contributed by atoms with Crippen molar-refractivity contribution in [2.75, 3.05) is 6.61 Å². The first-order valence-electron chi connectivity index (χ1n) is 12.5. The molecule has 1 fully saturated rings. The summed E-state index contributed by atoms with van der Waals surface area (Å²) in [5.74, 6) is -0.363. The third-order valence-electron chi connectivity index (χ3n) is 7.62. The van der Waals surface area contributed by atoms with Crippen LogP contribution in [0.3, 0.4) is 0 Å². The highest BCUT2D eigenvalue weighted by molar-refractivity contribution is 5.79. The van der Waals surface area contributed by atoms with E-state index in [9.17, 15) is 19.8 Å². The van der Waals surface area contributed by atoms with Gasteiger partial charge < -0.3 is 24.4 Å². The predicted molar refractivity (Wildman–Crippen MR) is 123 cm³/mol. The monoisotopic (exact) mass is 464 g/mol. The number of cyclic esters (lactones) is 1. The van der Waals surface area contributed by atoms with E-state index < -0.39 is 23.9 Å². The Morgan fingerprint density at radius 3 is 2.55 bits per heavy atom. The maximum atomic E-state index is 13.3. The number of ether oxygens (including phenoxy) is 3. The molecule has 0 amide bonds. The molecule has 0 saturated carbocycles. The number of allylic oxidation sites excluding steroid dienone is 2. The van der Waals surface area contributed by atoms with Crippen molar-refractivity contribution < 1.29 is 34.0 Å². The van der Waals surface area contributed by atoms with Gasteiger partial charge in [-0.15, -0.1) is 0 Å². The van der Waals surface area contributed by atoms with E-state index in [1.807, 2.05) is 32.9 Å². The van der Waals surface area contributed by atoms with Crippen molar-refractivity contribution in [3.8, 4) is 0 Å². The van der Waals surface area contributed by atoms with Gasteiger partial charge in [-0.05, 0) is 50.0 Å². The quantitative estimate of drug-likeness (QED) is 0.504. The van der Waals surface area contributed by atoms with Gasteiger partial charge in [0.15, 0.2) is 5.60 Å². The smallest absolute Gasteiger partial charge is 0.338 e. The van der Waals surface area contributed by atoms with E-state index in [0.29, 0.717) is 38.7 Å². The Kier molecular flexibility index (Phi) is 8.76. The van der Waals surface area contributed by atoms with Crippen LogP contribution >= 0.6 is 0 Å². The van der Waals surface area contributed by atoms with Gasteiger partial charge in [0.2, 0.25) is 0 Å². The summed E-state index contributed by atoms with van der Waals surface area (Å²) in [5, 5.41) is 20.4. The van der Waals surface area contributed by atoms with E-state index in [1.165, 1.54) is 0 Å². The third-order valence-corrected chi connectivity index (χ3v) is 7.62. The number of fused-ring (bicyclic) bond motifs is 1. The number of aliphatic hydroxyl groups is 2. The van der Waals surface area contributed by atoms with Crippen molar-refractivity contribution in [3.63, 3.8) is 0 Å². The SMILES string of the molecule is CCOC(CC)(CC)C(=O)O[C@H]1C[C@H](O)C=C2C=C[C@H](C)[C@H](CC[C@@H]3C[C@@H](O)CC(=O)O3)[C@H]21. The van der Waals surface area contributed by atoms with Crippen molar-refractivity contribution >= 4 is 11.9 Å². The number of hydrogen-bond acceptors (Lipinski definition) is 7. The van der Waals surface area contributed by atoms with Crippen molar-refractivity contribution in [1.29, 1.82) is 0 Å². The van der Waals surface area contributed by atoms with E-state index >= 15 is 0 Å². The van der Waals surface area contributed by atoms with E-state index in [0.717, 1.165) is 12.0 Å². The van der Waals surface area contributed by atoms with Crippen LogP contribution in [0.25, 0.3) is 0 Å². The summed E-state index contributed by atoms with van der Waals surface area (Å²) >= 11 is 0. The maximum Gasteiger partial charge on any atom is 0.338 e. The Hall–Kier alpha value is -1.70. The average molecular weight is 465 g/mol. The van der Waals surface area contributed by atoms with E-state index in [2.05, 4.69) is 13.0 Å². The molecule has 1 aliphatic heterocycles. The molecule has 1 heterocycles. The van der Waals surface area contributed by atoms with Gasteiger partial charge in [0, 0.05) is 25.4 Å². The first-order chi connectivity index (χ1) is 15.7. The summed E-state index contributed by atoms with van der Waals surface area (Å²) in [7, 11) is 0. The summed E-state index contributed by atoms with van der Waals surface area (Å²) in [6.07, 6.45) is 7.27. The van der Waals surface area contributed by atoms with Gasteiger partial charge in [-0.2, -0.15) is 0 Å². The molecule has 186 valence electrons. The lowest BCUT2D eigenvalue weighted by Gasteiger charge is -2.44. The molecule has 7 atom stereocenters. The Balaban J connectivity index is 1.79. The molecule has 0 radical (unpaired) electrons. The lowest BCUT2D eigenvalue weighted by molar-refractivity contribution is -0.184. The number of esters is 2. The van der Waals surface area contributed by atoms with Gasteiger partial charge in [-0.25, -0.2) is 4.79 Å². The fourth-order valence-corrected chi connectivity index (χ4v) is 5.73. The topological polar surface area (TPSA) is 102 Å². The van der Waals surface area contributed by atoms with Crippen LogP contribution in [0.1, 0.15) is 72.6 Å². The zero-order chi connectivity index (χ0) is 24.2. The van der Waals surface area contributed by atoms with Crippen LogP contribution < -0.4 is 0 Å². The Labute approximate surface area is 197 Å². The Morgan fingerprint density at radius 2 is 1.91 bits per heavy atom. The van der Waals surface area contributed by atoms with Gasteiger partial charge in [0.05, 0.1) is 18.6 Å². The highest BCUT2D eigenvalue weighted by Crippen LogP contribution is 2.44. The molecule has 0 aromatic carbocycles. The molecule has 3 aliphatic rings. The van der Waals surface area contributed by atoms with E-state index in [1.54, 1.807) is 0 Å².